The highest BCUT2D eigenvalue weighted by Gasteiger charge is 2.25. The minimum atomic E-state index is 0.0142. The van der Waals surface area contributed by atoms with Crippen LogP contribution in [0, 0.1) is 12.8 Å². The molecular weight excluding hydrogens is 302 g/mol. The molecule has 24 heavy (non-hydrogen) atoms. The molecule has 1 aliphatic carbocycles. The lowest BCUT2D eigenvalue weighted by molar-refractivity contribution is -0.120. The third-order valence-corrected chi connectivity index (χ3v) is 4.39. The summed E-state index contributed by atoms with van der Waals surface area (Å²) < 4.78 is 5.81. The molecule has 1 saturated carbocycles. The Kier molecular flexibility index (Phi) is 5.11. The van der Waals surface area contributed by atoms with Gasteiger partial charge in [-0.15, -0.1) is 0 Å². The van der Waals surface area contributed by atoms with Crippen LogP contribution in [0.4, 0.5) is 5.69 Å². The molecule has 5 heteroatoms. The van der Waals surface area contributed by atoms with E-state index in [9.17, 15) is 4.79 Å². The number of aryl methyl sites for hydroxylation is 1. The quantitative estimate of drug-likeness (QED) is 0.899. The molecule has 1 aliphatic rings. The largest absolute Gasteiger partial charge is 0.455 e. The van der Waals surface area contributed by atoms with Crippen LogP contribution >= 0.6 is 0 Å². The molecule has 0 spiro atoms. The van der Waals surface area contributed by atoms with Crippen LogP contribution in [-0.4, -0.2) is 16.9 Å². The van der Waals surface area contributed by atoms with E-state index in [4.69, 9.17) is 10.5 Å². The van der Waals surface area contributed by atoms with Crippen LogP contribution in [0.2, 0.25) is 0 Å². The summed E-state index contributed by atoms with van der Waals surface area (Å²) >= 11 is 0. The Labute approximate surface area is 142 Å². The predicted octanol–water partition coefficient (Wildman–Crippen LogP) is 3.64. The molecule has 5 nitrogen and oxygen atoms in total. The van der Waals surface area contributed by atoms with Crippen molar-refractivity contribution in [2.75, 3.05) is 5.32 Å². The van der Waals surface area contributed by atoms with Gasteiger partial charge >= 0.3 is 0 Å². The second-order valence-corrected chi connectivity index (χ2v) is 6.38. The Morgan fingerprint density at radius 2 is 2.21 bits per heavy atom. The molecule has 2 atom stereocenters. The van der Waals surface area contributed by atoms with E-state index in [0.717, 1.165) is 42.7 Å². The standard InChI is InChI=1S/C19H23N3O2/c1-13-10-16(22-19(23)14-4-2-5-15(20)11-14)7-8-18(13)24-17-6-3-9-21-12-17/h3,6-10,12,14-15H,2,4-5,11,20H2,1H3,(H,22,23). The van der Waals surface area contributed by atoms with Crippen LogP contribution in [-0.2, 0) is 4.79 Å². The van der Waals surface area contributed by atoms with E-state index in [0.29, 0.717) is 5.75 Å². The number of ether oxygens (including phenoxy) is 1. The zero-order valence-corrected chi connectivity index (χ0v) is 13.9. The van der Waals surface area contributed by atoms with Crippen molar-refractivity contribution in [2.45, 2.75) is 38.6 Å². The van der Waals surface area contributed by atoms with Crippen LogP contribution in [0.5, 0.6) is 11.5 Å². The molecule has 1 heterocycles. The Hall–Kier alpha value is -2.40. The maximum absolute atomic E-state index is 12.4. The summed E-state index contributed by atoms with van der Waals surface area (Å²) in [5, 5.41) is 3.00. The van der Waals surface area contributed by atoms with Crippen molar-refractivity contribution in [1.82, 2.24) is 4.98 Å². The lowest BCUT2D eigenvalue weighted by Gasteiger charge is -2.25. The molecule has 1 fully saturated rings. The Morgan fingerprint density at radius 1 is 1.33 bits per heavy atom. The third-order valence-electron chi connectivity index (χ3n) is 4.39. The molecule has 3 N–H and O–H groups in total. The molecule has 0 aliphatic heterocycles. The fourth-order valence-corrected chi connectivity index (χ4v) is 3.09. The van der Waals surface area contributed by atoms with Crippen molar-refractivity contribution in [3.05, 3.63) is 48.3 Å². The van der Waals surface area contributed by atoms with Crippen LogP contribution in [0.3, 0.4) is 0 Å². The molecular formula is C19H23N3O2. The van der Waals surface area contributed by atoms with Gasteiger partial charge in [0.25, 0.3) is 0 Å². The van der Waals surface area contributed by atoms with Crippen molar-refractivity contribution in [2.24, 2.45) is 11.7 Å². The minimum absolute atomic E-state index is 0.0142. The summed E-state index contributed by atoms with van der Waals surface area (Å²) in [6, 6.07) is 9.48. The molecule has 2 unspecified atom stereocenters. The van der Waals surface area contributed by atoms with Gasteiger partial charge in [-0.2, -0.15) is 0 Å². The molecule has 3 rings (SSSR count). The Balaban J connectivity index is 1.65. The second-order valence-electron chi connectivity index (χ2n) is 6.38. The number of amides is 1. The molecule has 0 bridgehead atoms. The third kappa shape index (κ3) is 4.11. The predicted molar refractivity (Wildman–Crippen MR) is 94.1 cm³/mol. The van der Waals surface area contributed by atoms with Gasteiger partial charge < -0.3 is 15.8 Å². The first-order chi connectivity index (χ1) is 11.6. The topological polar surface area (TPSA) is 77.2 Å². The smallest absolute Gasteiger partial charge is 0.227 e. The van der Waals surface area contributed by atoms with Crippen molar-refractivity contribution in [3.63, 3.8) is 0 Å². The van der Waals surface area contributed by atoms with E-state index >= 15 is 0 Å². The number of rotatable bonds is 4. The highest BCUT2D eigenvalue weighted by Crippen LogP contribution is 2.28. The maximum Gasteiger partial charge on any atom is 0.227 e. The van der Waals surface area contributed by atoms with Gasteiger partial charge in [-0.05, 0) is 62.1 Å². The SMILES string of the molecule is Cc1cc(NC(=O)C2CCCC(N)C2)ccc1Oc1cccnc1. The number of aromatic nitrogens is 1. The molecule has 1 aromatic heterocycles. The summed E-state index contributed by atoms with van der Waals surface area (Å²) in [6.45, 7) is 1.96. The molecule has 1 aromatic carbocycles. The van der Waals surface area contributed by atoms with Crippen molar-refractivity contribution in [1.29, 1.82) is 0 Å². The number of hydrogen-bond acceptors (Lipinski definition) is 4. The van der Waals surface area contributed by atoms with E-state index in [1.807, 2.05) is 37.3 Å². The van der Waals surface area contributed by atoms with Gasteiger partial charge in [-0.3, -0.25) is 9.78 Å². The van der Waals surface area contributed by atoms with Crippen molar-refractivity contribution >= 4 is 11.6 Å². The number of anilines is 1. The van der Waals surface area contributed by atoms with Gasteiger partial charge in [-0.25, -0.2) is 0 Å². The summed E-state index contributed by atoms with van der Waals surface area (Å²) in [4.78, 5) is 16.4. The fraction of sp³-hybridized carbons (Fsp3) is 0.368. The summed E-state index contributed by atoms with van der Waals surface area (Å²) in [5.41, 5.74) is 7.71. The number of benzene rings is 1. The van der Waals surface area contributed by atoms with Gasteiger partial charge in [0.2, 0.25) is 5.91 Å². The van der Waals surface area contributed by atoms with Crippen LogP contribution < -0.4 is 15.8 Å². The lowest BCUT2D eigenvalue weighted by atomic mass is 9.85. The van der Waals surface area contributed by atoms with E-state index in [-0.39, 0.29) is 17.9 Å². The van der Waals surface area contributed by atoms with Gasteiger partial charge in [0.1, 0.15) is 11.5 Å². The first-order valence-corrected chi connectivity index (χ1v) is 8.37. The van der Waals surface area contributed by atoms with Gasteiger partial charge in [0.15, 0.2) is 0 Å². The molecule has 2 aromatic rings. The average Bonchev–Trinajstić information content (AvgIpc) is 2.58. The minimum Gasteiger partial charge on any atom is -0.455 e. The van der Waals surface area contributed by atoms with E-state index in [1.165, 1.54) is 0 Å². The second kappa shape index (κ2) is 7.45. The lowest BCUT2D eigenvalue weighted by Crippen LogP contribution is -2.34. The first kappa shape index (κ1) is 16.5. The zero-order chi connectivity index (χ0) is 16.9. The number of nitrogens with two attached hydrogens (primary N) is 1. The highest BCUT2D eigenvalue weighted by molar-refractivity contribution is 5.92. The van der Waals surface area contributed by atoms with Gasteiger partial charge in [0, 0.05) is 23.8 Å². The van der Waals surface area contributed by atoms with E-state index in [1.54, 1.807) is 12.4 Å². The normalized spacial score (nSPS) is 20.4. The Morgan fingerprint density at radius 3 is 2.92 bits per heavy atom. The van der Waals surface area contributed by atoms with Gasteiger partial charge in [0.05, 0.1) is 6.20 Å². The summed E-state index contributed by atoms with van der Waals surface area (Å²) in [7, 11) is 0. The first-order valence-electron chi connectivity index (χ1n) is 8.37. The van der Waals surface area contributed by atoms with E-state index < -0.39 is 0 Å². The fourth-order valence-electron chi connectivity index (χ4n) is 3.09. The van der Waals surface area contributed by atoms with Crippen LogP contribution in [0.25, 0.3) is 0 Å². The number of hydrogen-bond donors (Lipinski definition) is 2. The molecule has 0 saturated heterocycles. The molecule has 0 radical (unpaired) electrons. The van der Waals surface area contributed by atoms with Crippen molar-refractivity contribution < 1.29 is 9.53 Å². The van der Waals surface area contributed by atoms with Crippen molar-refractivity contribution in [3.8, 4) is 11.5 Å². The number of carbonyl (C=O) groups excluding carboxylic acids is 1. The number of nitrogens with zero attached hydrogens (tertiary/aromatic N) is 1. The van der Waals surface area contributed by atoms with E-state index in [2.05, 4.69) is 10.3 Å². The highest BCUT2D eigenvalue weighted by atomic mass is 16.5. The number of nitrogens with one attached hydrogen (secondary N) is 1. The maximum atomic E-state index is 12.4. The summed E-state index contributed by atoms with van der Waals surface area (Å²) in [5.74, 6) is 1.51. The zero-order valence-electron chi connectivity index (χ0n) is 13.9. The molecule has 1 amide bonds. The monoisotopic (exact) mass is 325 g/mol. The van der Waals surface area contributed by atoms with Crippen LogP contribution in [0.15, 0.2) is 42.7 Å². The Bertz CT molecular complexity index is 703. The number of carbonyl (C=O) groups is 1. The average molecular weight is 325 g/mol. The van der Waals surface area contributed by atoms with Gasteiger partial charge in [-0.1, -0.05) is 6.42 Å². The summed E-state index contributed by atoms with van der Waals surface area (Å²) in [6.07, 6.45) is 7.10. The number of pyridine rings is 1. The van der Waals surface area contributed by atoms with Crippen LogP contribution in [0.1, 0.15) is 31.2 Å². The molecule has 126 valence electrons.